The normalized spacial score (nSPS) is 10.7. The lowest BCUT2D eigenvalue weighted by molar-refractivity contribution is 0.292. The van der Waals surface area contributed by atoms with E-state index in [2.05, 4.69) is 5.10 Å². The van der Waals surface area contributed by atoms with Crippen molar-refractivity contribution < 1.29 is 4.74 Å². The molecular formula is C14H18ClN3O. The second-order valence-corrected chi connectivity index (χ2v) is 4.92. The fourth-order valence-corrected chi connectivity index (χ4v) is 2.19. The first-order valence-corrected chi connectivity index (χ1v) is 6.58. The summed E-state index contributed by atoms with van der Waals surface area (Å²) in [5.74, 6) is 0.828. The second kappa shape index (κ2) is 6.08. The predicted octanol–water partition coefficient (Wildman–Crippen LogP) is 2.46. The van der Waals surface area contributed by atoms with Gasteiger partial charge in [-0.3, -0.25) is 4.68 Å². The Kier molecular flexibility index (Phi) is 4.45. The van der Waals surface area contributed by atoms with Crippen LogP contribution in [-0.2, 0) is 20.1 Å². The van der Waals surface area contributed by atoms with E-state index < -0.39 is 0 Å². The van der Waals surface area contributed by atoms with Crippen LogP contribution < -0.4 is 10.5 Å². The molecule has 0 atom stereocenters. The molecule has 1 heterocycles. The summed E-state index contributed by atoms with van der Waals surface area (Å²) < 4.78 is 7.68. The lowest BCUT2D eigenvalue weighted by Crippen LogP contribution is -2.07. The van der Waals surface area contributed by atoms with Gasteiger partial charge in [-0.05, 0) is 49.7 Å². The van der Waals surface area contributed by atoms with Gasteiger partial charge >= 0.3 is 0 Å². The van der Waals surface area contributed by atoms with Crippen molar-refractivity contribution in [1.29, 1.82) is 0 Å². The maximum Gasteiger partial charge on any atom is 0.130 e. The zero-order valence-electron chi connectivity index (χ0n) is 11.2. The molecule has 4 nitrogen and oxygen atoms in total. The van der Waals surface area contributed by atoms with Crippen LogP contribution in [0.2, 0.25) is 5.02 Å². The number of ether oxygens (including phenoxy) is 1. The first kappa shape index (κ1) is 13.9. The molecule has 1 aromatic carbocycles. The minimum Gasteiger partial charge on any atom is -0.487 e. The largest absolute Gasteiger partial charge is 0.487 e. The molecule has 0 aliphatic carbocycles. The second-order valence-electron chi connectivity index (χ2n) is 4.48. The van der Waals surface area contributed by atoms with Crippen molar-refractivity contribution in [2.75, 3.05) is 6.54 Å². The van der Waals surface area contributed by atoms with Crippen LogP contribution in [0.25, 0.3) is 0 Å². The lowest BCUT2D eigenvalue weighted by atomic mass is 10.1. The molecule has 0 spiro atoms. The maximum atomic E-state index is 5.99. The van der Waals surface area contributed by atoms with Crippen molar-refractivity contribution in [3.8, 4) is 5.75 Å². The highest BCUT2D eigenvalue weighted by atomic mass is 35.5. The molecule has 2 N–H and O–H groups in total. The zero-order valence-corrected chi connectivity index (χ0v) is 11.9. The number of nitrogens with zero attached hydrogens (tertiary/aromatic N) is 2. The van der Waals surface area contributed by atoms with Gasteiger partial charge in [-0.2, -0.15) is 5.10 Å². The van der Waals surface area contributed by atoms with Crippen molar-refractivity contribution in [3.05, 3.63) is 46.2 Å². The Balaban J connectivity index is 2.12. The van der Waals surface area contributed by atoms with Crippen LogP contribution >= 0.6 is 11.6 Å². The molecule has 19 heavy (non-hydrogen) atoms. The molecular weight excluding hydrogens is 262 g/mol. The van der Waals surface area contributed by atoms with Crippen LogP contribution in [-0.4, -0.2) is 16.3 Å². The van der Waals surface area contributed by atoms with Crippen LogP contribution in [0.5, 0.6) is 5.75 Å². The van der Waals surface area contributed by atoms with E-state index in [9.17, 15) is 0 Å². The monoisotopic (exact) mass is 279 g/mol. The van der Waals surface area contributed by atoms with Crippen molar-refractivity contribution in [1.82, 2.24) is 9.78 Å². The van der Waals surface area contributed by atoms with E-state index in [1.54, 1.807) is 0 Å². The molecule has 2 rings (SSSR count). The van der Waals surface area contributed by atoms with Gasteiger partial charge in [0, 0.05) is 12.1 Å². The summed E-state index contributed by atoms with van der Waals surface area (Å²) >= 11 is 5.99. The quantitative estimate of drug-likeness (QED) is 0.915. The SMILES string of the molecule is Cc1cc(COc2ccc(Cl)cc2CCN)n(C)n1. The molecule has 5 heteroatoms. The van der Waals surface area contributed by atoms with Crippen molar-refractivity contribution in [2.24, 2.45) is 12.8 Å². The van der Waals surface area contributed by atoms with Gasteiger partial charge < -0.3 is 10.5 Å². The molecule has 0 radical (unpaired) electrons. The first-order chi connectivity index (χ1) is 9.10. The van der Waals surface area contributed by atoms with E-state index in [0.29, 0.717) is 18.2 Å². The van der Waals surface area contributed by atoms with Crippen molar-refractivity contribution in [2.45, 2.75) is 20.0 Å². The van der Waals surface area contributed by atoms with Crippen LogP contribution in [0.1, 0.15) is 17.0 Å². The molecule has 1 aromatic heterocycles. The van der Waals surface area contributed by atoms with Gasteiger partial charge in [0.2, 0.25) is 0 Å². The lowest BCUT2D eigenvalue weighted by Gasteiger charge is -2.11. The van der Waals surface area contributed by atoms with E-state index in [4.69, 9.17) is 22.1 Å². The molecule has 0 bridgehead atoms. The molecule has 2 aromatic rings. The van der Waals surface area contributed by atoms with Gasteiger partial charge in [-0.1, -0.05) is 11.6 Å². The molecule has 0 amide bonds. The molecule has 0 fully saturated rings. The summed E-state index contributed by atoms with van der Waals surface area (Å²) in [7, 11) is 1.91. The average Bonchev–Trinajstić information content (AvgIpc) is 2.67. The first-order valence-electron chi connectivity index (χ1n) is 6.21. The van der Waals surface area contributed by atoms with Gasteiger partial charge in [0.05, 0.1) is 11.4 Å². The average molecular weight is 280 g/mol. The molecule has 0 saturated heterocycles. The standard InChI is InChI=1S/C14H18ClN3O/c1-10-7-13(18(2)17-10)9-19-14-4-3-12(15)8-11(14)5-6-16/h3-4,7-8H,5-6,9,16H2,1-2H3. The van der Waals surface area contributed by atoms with Gasteiger partial charge in [0.15, 0.2) is 0 Å². The number of benzene rings is 1. The number of nitrogens with two attached hydrogens (primary N) is 1. The smallest absolute Gasteiger partial charge is 0.130 e. The number of hydrogen-bond acceptors (Lipinski definition) is 3. The summed E-state index contributed by atoms with van der Waals surface area (Å²) in [4.78, 5) is 0. The number of halogens is 1. The topological polar surface area (TPSA) is 53.1 Å². The number of hydrogen-bond donors (Lipinski definition) is 1. The highest BCUT2D eigenvalue weighted by molar-refractivity contribution is 6.30. The van der Waals surface area contributed by atoms with E-state index in [-0.39, 0.29) is 0 Å². The van der Waals surface area contributed by atoms with Crippen LogP contribution in [0.4, 0.5) is 0 Å². The summed E-state index contributed by atoms with van der Waals surface area (Å²) in [6.45, 7) is 3.02. The Bertz CT molecular complexity index is 566. The number of aromatic nitrogens is 2. The Morgan fingerprint density at radius 3 is 2.79 bits per heavy atom. The van der Waals surface area contributed by atoms with Crippen LogP contribution in [0.15, 0.2) is 24.3 Å². The van der Waals surface area contributed by atoms with E-state index in [0.717, 1.165) is 29.1 Å². The third kappa shape index (κ3) is 3.49. The fraction of sp³-hybridized carbons (Fsp3) is 0.357. The van der Waals surface area contributed by atoms with Crippen molar-refractivity contribution >= 4 is 11.6 Å². The predicted molar refractivity (Wildman–Crippen MR) is 76.5 cm³/mol. The van der Waals surface area contributed by atoms with Crippen LogP contribution in [0.3, 0.4) is 0 Å². The molecule has 0 aliphatic heterocycles. The molecule has 102 valence electrons. The number of aryl methyl sites for hydroxylation is 2. The zero-order chi connectivity index (χ0) is 13.8. The summed E-state index contributed by atoms with van der Waals surface area (Å²) in [5, 5.41) is 4.99. The third-order valence-corrected chi connectivity index (χ3v) is 3.15. The van der Waals surface area contributed by atoms with Crippen LogP contribution in [0, 0.1) is 6.92 Å². The maximum absolute atomic E-state index is 5.99. The van der Waals surface area contributed by atoms with E-state index in [1.807, 2.05) is 42.9 Å². The minimum atomic E-state index is 0.483. The van der Waals surface area contributed by atoms with Crippen molar-refractivity contribution in [3.63, 3.8) is 0 Å². The Hall–Kier alpha value is -1.52. The van der Waals surface area contributed by atoms with Gasteiger partial charge in [0.1, 0.15) is 12.4 Å². The number of rotatable bonds is 5. The molecule has 0 aliphatic rings. The molecule has 0 saturated carbocycles. The van der Waals surface area contributed by atoms with E-state index in [1.165, 1.54) is 0 Å². The van der Waals surface area contributed by atoms with Gasteiger partial charge in [-0.25, -0.2) is 0 Å². The summed E-state index contributed by atoms with van der Waals surface area (Å²) in [5.41, 5.74) is 8.66. The summed E-state index contributed by atoms with van der Waals surface area (Å²) in [6, 6.07) is 7.62. The van der Waals surface area contributed by atoms with Gasteiger partial charge in [0.25, 0.3) is 0 Å². The third-order valence-electron chi connectivity index (χ3n) is 2.91. The minimum absolute atomic E-state index is 0.483. The highest BCUT2D eigenvalue weighted by Gasteiger charge is 2.07. The Morgan fingerprint density at radius 1 is 1.37 bits per heavy atom. The fourth-order valence-electron chi connectivity index (χ4n) is 1.99. The highest BCUT2D eigenvalue weighted by Crippen LogP contribution is 2.24. The molecule has 0 unspecified atom stereocenters. The van der Waals surface area contributed by atoms with Gasteiger partial charge in [-0.15, -0.1) is 0 Å². The summed E-state index contributed by atoms with van der Waals surface area (Å²) in [6.07, 6.45) is 0.750. The Morgan fingerprint density at radius 2 is 2.16 bits per heavy atom. The van der Waals surface area contributed by atoms with E-state index >= 15 is 0 Å². The Labute approximate surface area is 118 Å².